The molecule has 0 bridgehead atoms. The summed E-state index contributed by atoms with van der Waals surface area (Å²) in [6.45, 7) is 1.98. The van der Waals surface area contributed by atoms with Crippen molar-refractivity contribution in [2.24, 2.45) is 5.84 Å². The molecule has 1 rings (SSSR count). The van der Waals surface area contributed by atoms with Crippen molar-refractivity contribution in [2.75, 3.05) is 6.61 Å². The minimum absolute atomic E-state index is 0.0481. The number of aryl methyl sites for hydroxylation is 1. The Bertz CT molecular complexity index is 313. The fraction of sp³-hybridized carbons (Fsp3) is 0.300. The van der Waals surface area contributed by atoms with Crippen LogP contribution in [-0.2, 0) is 11.2 Å². The molecule has 0 saturated carbocycles. The number of amides is 1. The molecule has 1 amide bonds. The van der Waals surface area contributed by atoms with E-state index in [2.05, 4.69) is 0 Å². The Morgan fingerprint density at radius 2 is 2.21 bits per heavy atom. The molecule has 0 spiro atoms. The summed E-state index contributed by atoms with van der Waals surface area (Å²) < 4.78 is 5.29. The molecule has 0 aliphatic heterocycles. The van der Waals surface area contributed by atoms with Gasteiger partial charge in [-0.05, 0) is 18.1 Å². The number of rotatable bonds is 4. The summed E-state index contributed by atoms with van der Waals surface area (Å²) >= 11 is 0. The Morgan fingerprint density at radius 1 is 1.50 bits per heavy atom. The Morgan fingerprint density at radius 3 is 2.86 bits per heavy atom. The lowest BCUT2D eigenvalue weighted by molar-refractivity contribution is -0.123. The van der Waals surface area contributed by atoms with Crippen molar-refractivity contribution in [1.29, 1.82) is 0 Å². The fourth-order valence-electron chi connectivity index (χ4n) is 1.12. The van der Waals surface area contributed by atoms with E-state index in [1.54, 1.807) is 0 Å². The van der Waals surface area contributed by atoms with E-state index in [0.717, 1.165) is 17.7 Å². The van der Waals surface area contributed by atoms with Gasteiger partial charge in [0.25, 0.3) is 5.91 Å². The van der Waals surface area contributed by atoms with Crippen LogP contribution in [0.4, 0.5) is 0 Å². The molecule has 4 nitrogen and oxygen atoms in total. The van der Waals surface area contributed by atoms with Crippen molar-refractivity contribution < 1.29 is 9.53 Å². The van der Waals surface area contributed by atoms with Crippen LogP contribution in [0.15, 0.2) is 24.3 Å². The second-order valence-corrected chi connectivity index (χ2v) is 2.82. The Hall–Kier alpha value is -1.55. The van der Waals surface area contributed by atoms with Crippen LogP contribution in [0.5, 0.6) is 5.75 Å². The van der Waals surface area contributed by atoms with Gasteiger partial charge in [-0.1, -0.05) is 25.1 Å². The molecule has 0 aliphatic carbocycles. The lowest BCUT2D eigenvalue weighted by Crippen LogP contribution is -2.34. The second-order valence-electron chi connectivity index (χ2n) is 2.82. The number of benzene rings is 1. The SMILES string of the molecule is CCc1ccccc1OCC(=O)NN. The molecule has 0 unspecified atom stereocenters. The molecule has 76 valence electrons. The zero-order chi connectivity index (χ0) is 10.4. The van der Waals surface area contributed by atoms with E-state index in [9.17, 15) is 4.79 Å². The third-order valence-corrected chi connectivity index (χ3v) is 1.87. The van der Waals surface area contributed by atoms with Crippen LogP contribution >= 0.6 is 0 Å². The van der Waals surface area contributed by atoms with Crippen LogP contribution in [0.2, 0.25) is 0 Å². The van der Waals surface area contributed by atoms with Crippen LogP contribution in [0.3, 0.4) is 0 Å². The highest BCUT2D eigenvalue weighted by molar-refractivity contribution is 5.76. The maximum absolute atomic E-state index is 10.8. The average Bonchev–Trinajstić information content (AvgIpc) is 2.26. The topological polar surface area (TPSA) is 64.3 Å². The number of hydrogen-bond donors (Lipinski definition) is 2. The molecule has 0 atom stereocenters. The molecule has 3 N–H and O–H groups in total. The second kappa shape index (κ2) is 5.24. The molecule has 4 heteroatoms. The monoisotopic (exact) mass is 194 g/mol. The van der Waals surface area contributed by atoms with Crippen LogP contribution < -0.4 is 16.0 Å². The van der Waals surface area contributed by atoms with Gasteiger partial charge in [-0.2, -0.15) is 0 Å². The molecule has 0 fully saturated rings. The van der Waals surface area contributed by atoms with E-state index >= 15 is 0 Å². The Kier molecular flexibility index (Phi) is 3.94. The summed E-state index contributed by atoms with van der Waals surface area (Å²) in [4.78, 5) is 10.8. The Balaban J connectivity index is 2.61. The highest BCUT2D eigenvalue weighted by atomic mass is 16.5. The van der Waals surface area contributed by atoms with Gasteiger partial charge in [-0.15, -0.1) is 0 Å². The third-order valence-electron chi connectivity index (χ3n) is 1.87. The first kappa shape index (κ1) is 10.5. The third kappa shape index (κ3) is 2.74. The van der Waals surface area contributed by atoms with Crippen LogP contribution in [-0.4, -0.2) is 12.5 Å². The first-order valence-corrected chi connectivity index (χ1v) is 4.48. The average molecular weight is 194 g/mol. The summed E-state index contributed by atoms with van der Waals surface area (Å²) in [5.41, 5.74) is 3.09. The molecule has 0 radical (unpaired) electrons. The molecular weight excluding hydrogens is 180 g/mol. The maximum Gasteiger partial charge on any atom is 0.271 e. The first-order chi connectivity index (χ1) is 6.77. The Labute approximate surface area is 83.0 Å². The van der Waals surface area contributed by atoms with Crippen LogP contribution in [0, 0.1) is 0 Å². The highest BCUT2D eigenvalue weighted by Crippen LogP contribution is 2.17. The summed E-state index contributed by atoms with van der Waals surface area (Å²) in [7, 11) is 0. The number of hydrazine groups is 1. The summed E-state index contributed by atoms with van der Waals surface area (Å²) in [5.74, 6) is 5.32. The number of carbonyl (C=O) groups is 1. The standard InChI is InChI=1S/C10H14N2O2/c1-2-8-5-3-4-6-9(8)14-7-10(13)12-11/h3-6H,2,7,11H2,1H3,(H,12,13). The number of nitrogens with two attached hydrogens (primary N) is 1. The quantitative estimate of drug-likeness (QED) is 0.419. The molecular formula is C10H14N2O2. The number of ether oxygens (including phenoxy) is 1. The first-order valence-electron chi connectivity index (χ1n) is 4.48. The molecule has 1 aromatic rings. The highest BCUT2D eigenvalue weighted by Gasteiger charge is 2.03. The van der Waals surface area contributed by atoms with E-state index in [4.69, 9.17) is 10.6 Å². The van der Waals surface area contributed by atoms with Gasteiger partial charge in [0.15, 0.2) is 6.61 Å². The molecule has 0 saturated heterocycles. The van der Waals surface area contributed by atoms with Crippen molar-refractivity contribution >= 4 is 5.91 Å². The lowest BCUT2D eigenvalue weighted by atomic mass is 10.1. The van der Waals surface area contributed by atoms with E-state index in [0.29, 0.717) is 0 Å². The minimum atomic E-state index is -0.337. The maximum atomic E-state index is 10.8. The van der Waals surface area contributed by atoms with Crippen molar-refractivity contribution in [3.05, 3.63) is 29.8 Å². The predicted octanol–water partition coefficient (Wildman–Crippen LogP) is 0.618. The molecule has 0 aliphatic rings. The normalized spacial score (nSPS) is 9.57. The van der Waals surface area contributed by atoms with Crippen molar-refractivity contribution in [3.8, 4) is 5.75 Å². The van der Waals surface area contributed by atoms with Gasteiger partial charge in [0, 0.05) is 0 Å². The van der Waals surface area contributed by atoms with Gasteiger partial charge >= 0.3 is 0 Å². The zero-order valence-electron chi connectivity index (χ0n) is 8.12. The fourth-order valence-corrected chi connectivity index (χ4v) is 1.12. The molecule has 14 heavy (non-hydrogen) atoms. The van der Waals surface area contributed by atoms with Crippen molar-refractivity contribution in [2.45, 2.75) is 13.3 Å². The van der Waals surface area contributed by atoms with E-state index in [-0.39, 0.29) is 12.5 Å². The summed E-state index contributed by atoms with van der Waals surface area (Å²) in [6.07, 6.45) is 0.875. The van der Waals surface area contributed by atoms with Crippen LogP contribution in [0.25, 0.3) is 0 Å². The van der Waals surface area contributed by atoms with Gasteiger partial charge in [0.1, 0.15) is 5.75 Å². The predicted molar refractivity (Wildman–Crippen MR) is 53.6 cm³/mol. The lowest BCUT2D eigenvalue weighted by Gasteiger charge is -2.08. The minimum Gasteiger partial charge on any atom is -0.483 e. The van der Waals surface area contributed by atoms with Crippen LogP contribution in [0.1, 0.15) is 12.5 Å². The molecule has 1 aromatic carbocycles. The van der Waals surface area contributed by atoms with Crippen molar-refractivity contribution in [3.63, 3.8) is 0 Å². The largest absolute Gasteiger partial charge is 0.483 e. The summed E-state index contributed by atoms with van der Waals surface area (Å²) in [5, 5.41) is 0. The van der Waals surface area contributed by atoms with E-state index in [1.807, 2.05) is 36.6 Å². The smallest absolute Gasteiger partial charge is 0.271 e. The van der Waals surface area contributed by atoms with Gasteiger partial charge in [-0.25, -0.2) is 5.84 Å². The zero-order valence-corrected chi connectivity index (χ0v) is 8.12. The number of para-hydroxylation sites is 1. The van der Waals surface area contributed by atoms with Gasteiger partial charge in [0.2, 0.25) is 0 Å². The van der Waals surface area contributed by atoms with Crippen molar-refractivity contribution in [1.82, 2.24) is 5.43 Å². The number of carbonyl (C=O) groups excluding carboxylic acids is 1. The molecule has 0 aromatic heterocycles. The van der Waals surface area contributed by atoms with Gasteiger partial charge < -0.3 is 4.74 Å². The van der Waals surface area contributed by atoms with Gasteiger partial charge in [-0.3, -0.25) is 10.2 Å². The number of hydrogen-bond acceptors (Lipinski definition) is 3. The summed E-state index contributed by atoms with van der Waals surface area (Å²) in [6, 6.07) is 7.61. The van der Waals surface area contributed by atoms with E-state index in [1.165, 1.54) is 0 Å². The number of nitrogens with one attached hydrogen (secondary N) is 1. The molecule has 0 heterocycles. The van der Waals surface area contributed by atoms with Gasteiger partial charge in [0.05, 0.1) is 0 Å². The van der Waals surface area contributed by atoms with E-state index < -0.39 is 0 Å².